The highest BCUT2D eigenvalue weighted by Crippen LogP contribution is 2.36. The number of aryl methyl sites for hydroxylation is 1. The van der Waals surface area contributed by atoms with Gasteiger partial charge < -0.3 is 10.5 Å². The van der Waals surface area contributed by atoms with E-state index < -0.39 is 0 Å². The van der Waals surface area contributed by atoms with Gasteiger partial charge in [-0.1, -0.05) is 49.8 Å². The fourth-order valence-electron chi connectivity index (χ4n) is 1.73. The normalized spacial score (nSPS) is 11.6. The second kappa shape index (κ2) is 4.61. The van der Waals surface area contributed by atoms with Gasteiger partial charge in [-0.3, -0.25) is 0 Å². The third-order valence-electron chi connectivity index (χ3n) is 2.64. The zero-order valence-electron chi connectivity index (χ0n) is 11.2. The highest BCUT2D eigenvalue weighted by atomic mass is 32.1. The Morgan fingerprint density at radius 3 is 2.56 bits per heavy atom. The summed E-state index contributed by atoms with van der Waals surface area (Å²) in [5, 5.41) is 1.25. The summed E-state index contributed by atoms with van der Waals surface area (Å²) < 4.78 is 5.84. The third-order valence-corrected chi connectivity index (χ3v) is 3.35. The molecule has 1 aromatic carbocycles. The molecule has 0 fully saturated rings. The van der Waals surface area contributed by atoms with Crippen LogP contribution >= 0.6 is 11.3 Å². The summed E-state index contributed by atoms with van der Waals surface area (Å²) in [6, 6.07) is 6.20. The minimum atomic E-state index is 0.0319. The lowest BCUT2D eigenvalue weighted by atomic mass is 9.85. The number of nitrogen functional groups attached to an aromatic ring is 1. The maximum atomic E-state index is 5.84. The van der Waals surface area contributed by atoms with Crippen LogP contribution in [-0.2, 0) is 5.41 Å². The molecule has 2 rings (SSSR count). The van der Waals surface area contributed by atoms with Crippen molar-refractivity contribution >= 4 is 16.3 Å². The van der Waals surface area contributed by atoms with Gasteiger partial charge in [-0.25, -0.2) is 4.98 Å². The molecule has 4 heteroatoms. The predicted molar refractivity (Wildman–Crippen MR) is 76.5 cm³/mol. The summed E-state index contributed by atoms with van der Waals surface area (Å²) in [5.74, 6) is 0.849. The molecule has 96 valence electrons. The number of thiazole rings is 1. The van der Waals surface area contributed by atoms with Gasteiger partial charge in [-0.05, 0) is 18.4 Å². The standard InChI is InChI=1S/C14H18N2OS/c1-9-5-6-11(10(7-9)14(2,3)4)17-13-16-8-12(15)18-13/h5-8H,15H2,1-4H3. The van der Waals surface area contributed by atoms with E-state index in [1.165, 1.54) is 22.5 Å². The Hall–Kier alpha value is -1.55. The predicted octanol–water partition coefficient (Wildman–Crippen LogP) is 4.12. The molecule has 0 amide bonds. The Morgan fingerprint density at radius 2 is 2.00 bits per heavy atom. The van der Waals surface area contributed by atoms with E-state index in [1.54, 1.807) is 6.20 Å². The Balaban J connectivity index is 2.38. The zero-order chi connectivity index (χ0) is 13.3. The molecule has 18 heavy (non-hydrogen) atoms. The summed E-state index contributed by atoms with van der Waals surface area (Å²) in [5.41, 5.74) is 8.09. The summed E-state index contributed by atoms with van der Waals surface area (Å²) >= 11 is 1.35. The second-order valence-corrected chi connectivity index (χ2v) is 6.40. The lowest BCUT2D eigenvalue weighted by molar-refractivity contribution is 0.452. The number of nitrogens with two attached hydrogens (primary N) is 1. The molecule has 0 saturated heterocycles. The van der Waals surface area contributed by atoms with Gasteiger partial charge in [-0.2, -0.15) is 0 Å². The number of benzene rings is 1. The van der Waals surface area contributed by atoms with Crippen molar-refractivity contribution in [1.82, 2.24) is 4.98 Å². The first-order valence-corrected chi connectivity index (χ1v) is 6.68. The van der Waals surface area contributed by atoms with Crippen molar-refractivity contribution in [2.24, 2.45) is 0 Å². The highest BCUT2D eigenvalue weighted by molar-refractivity contribution is 7.17. The molecular weight excluding hydrogens is 244 g/mol. The summed E-state index contributed by atoms with van der Waals surface area (Å²) in [7, 11) is 0. The van der Waals surface area contributed by atoms with Crippen molar-refractivity contribution in [3.8, 4) is 10.9 Å². The van der Waals surface area contributed by atoms with E-state index in [0.29, 0.717) is 10.2 Å². The molecule has 0 aliphatic heterocycles. The van der Waals surface area contributed by atoms with E-state index in [2.05, 4.69) is 38.7 Å². The molecule has 0 bridgehead atoms. The molecule has 1 heterocycles. The van der Waals surface area contributed by atoms with Crippen LogP contribution in [0.25, 0.3) is 0 Å². The molecule has 0 aliphatic rings. The van der Waals surface area contributed by atoms with Crippen LogP contribution in [0.4, 0.5) is 5.00 Å². The molecule has 0 saturated carbocycles. The zero-order valence-corrected chi connectivity index (χ0v) is 12.0. The molecule has 0 unspecified atom stereocenters. The van der Waals surface area contributed by atoms with Crippen molar-refractivity contribution < 1.29 is 4.74 Å². The van der Waals surface area contributed by atoms with Gasteiger partial charge >= 0.3 is 0 Å². The average Bonchev–Trinajstić information content (AvgIpc) is 2.65. The quantitative estimate of drug-likeness (QED) is 0.885. The minimum absolute atomic E-state index is 0.0319. The van der Waals surface area contributed by atoms with Gasteiger partial charge in [0.25, 0.3) is 5.19 Å². The van der Waals surface area contributed by atoms with E-state index in [4.69, 9.17) is 10.5 Å². The molecule has 0 atom stereocenters. The van der Waals surface area contributed by atoms with E-state index in [1.807, 2.05) is 12.1 Å². The monoisotopic (exact) mass is 262 g/mol. The van der Waals surface area contributed by atoms with Gasteiger partial charge in [0.2, 0.25) is 0 Å². The Kier molecular flexibility index (Phi) is 3.30. The Morgan fingerprint density at radius 1 is 1.28 bits per heavy atom. The number of anilines is 1. The van der Waals surface area contributed by atoms with Gasteiger partial charge in [-0.15, -0.1) is 0 Å². The first-order chi connectivity index (χ1) is 8.36. The van der Waals surface area contributed by atoms with Crippen LogP contribution in [0.3, 0.4) is 0 Å². The van der Waals surface area contributed by atoms with Crippen molar-refractivity contribution in [1.29, 1.82) is 0 Å². The summed E-state index contributed by atoms with van der Waals surface area (Å²) in [6.45, 7) is 8.60. The lowest BCUT2D eigenvalue weighted by Crippen LogP contribution is -2.12. The van der Waals surface area contributed by atoms with Crippen LogP contribution in [0.1, 0.15) is 31.9 Å². The third kappa shape index (κ3) is 2.82. The van der Waals surface area contributed by atoms with Crippen LogP contribution in [0.2, 0.25) is 0 Å². The van der Waals surface area contributed by atoms with E-state index in [0.717, 1.165) is 5.75 Å². The number of ether oxygens (including phenoxy) is 1. The Bertz CT molecular complexity index is 555. The largest absolute Gasteiger partial charge is 0.431 e. The number of hydrogen-bond donors (Lipinski definition) is 1. The summed E-state index contributed by atoms with van der Waals surface area (Å²) in [6.07, 6.45) is 1.62. The molecule has 1 aromatic heterocycles. The SMILES string of the molecule is Cc1ccc(Oc2ncc(N)s2)c(C(C)(C)C)c1. The smallest absolute Gasteiger partial charge is 0.280 e. The molecular formula is C14H18N2OS. The van der Waals surface area contributed by atoms with E-state index in [9.17, 15) is 0 Å². The van der Waals surface area contributed by atoms with Crippen LogP contribution < -0.4 is 10.5 Å². The fourth-order valence-corrected chi connectivity index (χ4v) is 2.27. The lowest BCUT2D eigenvalue weighted by Gasteiger charge is -2.22. The maximum Gasteiger partial charge on any atom is 0.280 e. The van der Waals surface area contributed by atoms with E-state index >= 15 is 0 Å². The highest BCUT2D eigenvalue weighted by Gasteiger charge is 2.20. The van der Waals surface area contributed by atoms with Crippen LogP contribution in [0.5, 0.6) is 10.9 Å². The van der Waals surface area contributed by atoms with Gasteiger partial charge in [0.05, 0.1) is 6.20 Å². The number of rotatable bonds is 2. The molecule has 2 N–H and O–H groups in total. The number of hydrogen-bond acceptors (Lipinski definition) is 4. The average molecular weight is 262 g/mol. The first kappa shape index (κ1) is 12.9. The molecule has 2 aromatic rings. The van der Waals surface area contributed by atoms with Gasteiger partial charge in [0.15, 0.2) is 0 Å². The van der Waals surface area contributed by atoms with Crippen LogP contribution in [0.15, 0.2) is 24.4 Å². The van der Waals surface area contributed by atoms with Gasteiger partial charge in [0, 0.05) is 5.56 Å². The summed E-state index contributed by atoms with van der Waals surface area (Å²) in [4.78, 5) is 4.13. The minimum Gasteiger partial charge on any atom is -0.431 e. The molecule has 3 nitrogen and oxygen atoms in total. The van der Waals surface area contributed by atoms with Gasteiger partial charge in [0.1, 0.15) is 10.8 Å². The first-order valence-electron chi connectivity index (χ1n) is 5.86. The van der Waals surface area contributed by atoms with Crippen molar-refractivity contribution in [2.75, 3.05) is 5.73 Å². The van der Waals surface area contributed by atoms with Crippen molar-refractivity contribution in [3.05, 3.63) is 35.5 Å². The molecule has 0 spiro atoms. The van der Waals surface area contributed by atoms with E-state index in [-0.39, 0.29) is 5.41 Å². The van der Waals surface area contributed by atoms with Crippen molar-refractivity contribution in [2.45, 2.75) is 33.1 Å². The molecule has 0 aliphatic carbocycles. The van der Waals surface area contributed by atoms with Crippen LogP contribution in [-0.4, -0.2) is 4.98 Å². The second-order valence-electron chi connectivity index (χ2n) is 5.38. The Labute approximate surface area is 112 Å². The topological polar surface area (TPSA) is 48.1 Å². The van der Waals surface area contributed by atoms with Crippen LogP contribution in [0, 0.1) is 6.92 Å². The van der Waals surface area contributed by atoms with Crippen molar-refractivity contribution in [3.63, 3.8) is 0 Å². The number of nitrogens with zero attached hydrogens (tertiary/aromatic N) is 1. The molecule has 0 radical (unpaired) electrons. The maximum absolute atomic E-state index is 5.84. The number of aromatic nitrogens is 1. The fraction of sp³-hybridized carbons (Fsp3) is 0.357.